The number of anilines is 1. The predicted octanol–water partition coefficient (Wildman–Crippen LogP) is 1.59. The van der Waals surface area contributed by atoms with Gasteiger partial charge in [0.05, 0.1) is 4.90 Å². The molecule has 0 radical (unpaired) electrons. The number of amides is 1. The van der Waals surface area contributed by atoms with E-state index in [0.29, 0.717) is 15.7 Å². The molecular weight excluding hydrogens is 266 g/mol. The highest BCUT2D eigenvalue weighted by atomic mass is 32.2. The summed E-state index contributed by atoms with van der Waals surface area (Å²) in [5.41, 5.74) is 0.293. The number of carbonyl (C=O) groups excluding carboxylic acids is 1. The van der Waals surface area contributed by atoms with Crippen molar-refractivity contribution >= 4 is 23.4 Å². The molecule has 0 aliphatic rings. The normalized spacial score (nSPS) is 10.2. The number of H-pyrrole nitrogens is 1. The quantitative estimate of drug-likeness (QED) is 0.585. The van der Waals surface area contributed by atoms with E-state index in [0.717, 1.165) is 11.8 Å². The molecule has 0 saturated carbocycles. The highest BCUT2D eigenvalue weighted by molar-refractivity contribution is 7.99. The van der Waals surface area contributed by atoms with Crippen LogP contribution in [0.2, 0.25) is 0 Å². The minimum Gasteiger partial charge on any atom is -0.507 e. The Hall–Kier alpha value is -2.28. The SMILES string of the molecule is CC(=O)Nc1ccc(O)c(Sc2nccc(=O)[nH]2)c1. The van der Waals surface area contributed by atoms with Crippen LogP contribution in [-0.2, 0) is 4.79 Å². The van der Waals surface area contributed by atoms with Crippen molar-refractivity contribution in [2.75, 3.05) is 5.32 Å². The molecule has 6 nitrogen and oxygen atoms in total. The van der Waals surface area contributed by atoms with Gasteiger partial charge in [-0.2, -0.15) is 0 Å². The zero-order chi connectivity index (χ0) is 13.8. The number of aromatic hydroxyl groups is 1. The van der Waals surface area contributed by atoms with Gasteiger partial charge in [0.2, 0.25) is 5.91 Å². The van der Waals surface area contributed by atoms with Gasteiger partial charge in [-0.15, -0.1) is 0 Å². The first-order valence-corrected chi connectivity index (χ1v) is 6.20. The number of rotatable bonds is 3. The third kappa shape index (κ3) is 3.59. The van der Waals surface area contributed by atoms with Crippen molar-refractivity contribution in [1.82, 2.24) is 9.97 Å². The van der Waals surface area contributed by atoms with Gasteiger partial charge in [-0.25, -0.2) is 4.98 Å². The summed E-state index contributed by atoms with van der Waals surface area (Å²) >= 11 is 1.10. The molecular formula is C12H11N3O3S. The van der Waals surface area contributed by atoms with Crippen molar-refractivity contribution in [1.29, 1.82) is 0 Å². The highest BCUT2D eigenvalue weighted by Crippen LogP contribution is 2.33. The van der Waals surface area contributed by atoms with E-state index in [1.54, 1.807) is 12.1 Å². The van der Waals surface area contributed by atoms with Crippen LogP contribution >= 0.6 is 11.8 Å². The van der Waals surface area contributed by atoms with Crippen LogP contribution in [0.5, 0.6) is 5.75 Å². The molecule has 1 aromatic carbocycles. The topological polar surface area (TPSA) is 95.1 Å². The first kappa shape index (κ1) is 13.2. The maximum Gasteiger partial charge on any atom is 0.251 e. The Morgan fingerprint density at radius 2 is 2.21 bits per heavy atom. The number of carbonyl (C=O) groups is 1. The molecule has 0 atom stereocenters. The molecule has 19 heavy (non-hydrogen) atoms. The summed E-state index contributed by atoms with van der Waals surface area (Å²) in [6.45, 7) is 1.40. The lowest BCUT2D eigenvalue weighted by atomic mass is 10.3. The fraction of sp³-hybridized carbons (Fsp3) is 0.0833. The molecule has 0 unspecified atom stereocenters. The molecule has 2 rings (SSSR count). The van der Waals surface area contributed by atoms with Gasteiger partial charge in [-0.3, -0.25) is 9.59 Å². The third-order valence-electron chi connectivity index (χ3n) is 2.13. The van der Waals surface area contributed by atoms with Gasteiger partial charge in [0.1, 0.15) is 5.75 Å². The Morgan fingerprint density at radius 1 is 1.42 bits per heavy atom. The number of nitrogens with one attached hydrogen (secondary N) is 2. The highest BCUT2D eigenvalue weighted by Gasteiger charge is 2.07. The Morgan fingerprint density at radius 3 is 2.89 bits per heavy atom. The van der Waals surface area contributed by atoms with Gasteiger partial charge in [0, 0.05) is 24.9 Å². The molecule has 0 aliphatic carbocycles. The second kappa shape index (κ2) is 5.57. The first-order valence-electron chi connectivity index (χ1n) is 5.38. The van der Waals surface area contributed by atoms with Gasteiger partial charge in [0.25, 0.3) is 5.56 Å². The molecule has 1 amide bonds. The smallest absolute Gasteiger partial charge is 0.251 e. The van der Waals surface area contributed by atoms with Crippen molar-refractivity contribution in [3.8, 4) is 5.75 Å². The van der Waals surface area contributed by atoms with Crippen LogP contribution in [-0.4, -0.2) is 21.0 Å². The predicted molar refractivity (Wildman–Crippen MR) is 71.4 cm³/mol. The van der Waals surface area contributed by atoms with Crippen LogP contribution in [0.1, 0.15) is 6.92 Å². The van der Waals surface area contributed by atoms with E-state index in [9.17, 15) is 14.7 Å². The summed E-state index contributed by atoms with van der Waals surface area (Å²) in [5.74, 6) is -0.154. The fourth-order valence-electron chi connectivity index (χ4n) is 1.38. The Bertz CT molecular complexity index is 669. The largest absolute Gasteiger partial charge is 0.507 e. The number of hydrogen-bond donors (Lipinski definition) is 3. The Kier molecular flexibility index (Phi) is 3.86. The van der Waals surface area contributed by atoms with Crippen molar-refractivity contribution in [3.05, 3.63) is 40.8 Å². The van der Waals surface area contributed by atoms with Crippen LogP contribution < -0.4 is 10.9 Å². The molecule has 0 bridgehead atoms. The van der Waals surface area contributed by atoms with E-state index in [4.69, 9.17) is 0 Å². The minimum atomic E-state index is -0.269. The van der Waals surface area contributed by atoms with Crippen LogP contribution in [0.3, 0.4) is 0 Å². The van der Waals surface area contributed by atoms with Crippen molar-refractivity contribution in [3.63, 3.8) is 0 Å². The van der Waals surface area contributed by atoms with Crippen LogP contribution in [0.4, 0.5) is 5.69 Å². The van der Waals surface area contributed by atoms with Crippen LogP contribution in [0.25, 0.3) is 0 Å². The molecule has 0 saturated heterocycles. The molecule has 1 heterocycles. The number of phenolic OH excluding ortho intramolecular Hbond substituents is 1. The maximum atomic E-state index is 11.1. The monoisotopic (exact) mass is 277 g/mol. The van der Waals surface area contributed by atoms with E-state index in [2.05, 4.69) is 15.3 Å². The van der Waals surface area contributed by atoms with Crippen LogP contribution in [0, 0.1) is 0 Å². The van der Waals surface area contributed by atoms with Gasteiger partial charge in [0.15, 0.2) is 5.16 Å². The first-order chi connectivity index (χ1) is 9.04. The van der Waals surface area contributed by atoms with Gasteiger partial charge >= 0.3 is 0 Å². The molecule has 0 fully saturated rings. The Labute approximate surface area is 112 Å². The minimum absolute atomic E-state index is 0.0469. The molecule has 1 aromatic heterocycles. The zero-order valence-corrected chi connectivity index (χ0v) is 10.8. The molecule has 98 valence electrons. The molecule has 0 spiro atoms. The summed E-state index contributed by atoms with van der Waals surface area (Å²) in [4.78, 5) is 29.1. The zero-order valence-electron chi connectivity index (χ0n) is 10.0. The van der Waals surface area contributed by atoms with Gasteiger partial charge < -0.3 is 15.4 Å². The number of aromatic amines is 1. The van der Waals surface area contributed by atoms with Crippen molar-refractivity contribution < 1.29 is 9.90 Å². The van der Waals surface area contributed by atoms with Crippen LogP contribution in [0.15, 0.2) is 45.3 Å². The summed E-state index contributed by atoms with van der Waals surface area (Å²) in [7, 11) is 0. The van der Waals surface area contributed by atoms with E-state index in [1.807, 2.05) is 0 Å². The maximum absolute atomic E-state index is 11.1. The van der Waals surface area contributed by atoms with Crippen molar-refractivity contribution in [2.24, 2.45) is 0 Å². The number of phenols is 1. The van der Waals surface area contributed by atoms with E-state index >= 15 is 0 Å². The summed E-state index contributed by atoms with van der Waals surface area (Å²) in [5, 5.41) is 12.7. The number of nitrogens with zero attached hydrogens (tertiary/aromatic N) is 1. The second-order valence-electron chi connectivity index (χ2n) is 3.70. The summed E-state index contributed by atoms with van der Waals surface area (Å²) in [6, 6.07) is 5.96. The summed E-state index contributed by atoms with van der Waals surface area (Å²) < 4.78 is 0. The van der Waals surface area contributed by atoms with E-state index < -0.39 is 0 Å². The standard InChI is InChI=1S/C12H11N3O3S/c1-7(16)14-8-2-3-9(17)10(6-8)19-12-13-5-4-11(18)15-12/h2-6,17H,1H3,(H,14,16)(H,13,15,18). The second-order valence-corrected chi connectivity index (χ2v) is 4.74. The van der Waals surface area contributed by atoms with Gasteiger partial charge in [-0.05, 0) is 30.0 Å². The molecule has 7 heteroatoms. The number of aromatic nitrogens is 2. The fourth-order valence-corrected chi connectivity index (χ4v) is 2.22. The average Bonchev–Trinajstić information content (AvgIpc) is 2.33. The third-order valence-corrected chi connectivity index (χ3v) is 3.08. The number of benzene rings is 1. The molecule has 3 N–H and O–H groups in total. The van der Waals surface area contributed by atoms with E-state index in [-0.39, 0.29) is 17.2 Å². The summed E-state index contributed by atoms with van der Waals surface area (Å²) in [6.07, 6.45) is 1.38. The molecule has 2 aromatic rings. The van der Waals surface area contributed by atoms with Gasteiger partial charge in [-0.1, -0.05) is 0 Å². The van der Waals surface area contributed by atoms with E-state index in [1.165, 1.54) is 25.3 Å². The van der Waals surface area contributed by atoms with Crippen molar-refractivity contribution in [2.45, 2.75) is 17.0 Å². The Balaban J connectivity index is 2.28. The average molecular weight is 277 g/mol. The lowest BCUT2D eigenvalue weighted by molar-refractivity contribution is -0.114. The lowest BCUT2D eigenvalue weighted by Crippen LogP contribution is -2.06. The lowest BCUT2D eigenvalue weighted by Gasteiger charge is -2.07. The molecule has 0 aliphatic heterocycles. The number of hydrogen-bond acceptors (Lipinski definition) is 5.